The first-order valence-corrected chi connectivity index (χ1v) is 10.3. The van der Waals surface area contributed by atoms with Gasteiger partial charge in [0.2, 0.25) is 0 Å². The van der Waals surface area contributed by atoms with Crippen molar-refractivity contribution in [2.24, 2.45) is 4.99 Å². The van der Waals surface area contributed by atoms with Crippen LogP contribution in [0.15, 0.2) is 47.6 Å². The molecule has 2 heterocycles. The lowest BCUT2D eigenvalue weighted by molar-refractivity contribution is -0.00545. The van der Waals surface area contributed by atoms with E-state index < -0.39 is 0 Å². The predicted octanol–water partition coefficient (Wildman–Crippen LogP) is 3.21. The summed E-state index contributed by atoms with van der Waals surface area (Å²) in [6, 6.07) is 12.8. The van der Waals surface area contributed by atoms with Crippen LogP contribution in [0.1, 0.15) is 30.5 Å². The van der Waals surface area contributed by atoms with Crippen molar-refractivity contribution in [2.75, 3.05) is 32.1 Å². The number of hydrogen-bond donors (Lipinski definition) is 1. The van der Waals surface area contributed by atoms with Gasteiger partial charge in [0.15, 0.2) is 5.96 Å². The van der Waals surface area contributed by atoms with Crippen LogP contribution in [0.4, 0.5) is 5.82 Å². The Morgan fingerprint density at radius 1 is 1.14 bits per heavy atom. The minimum absolute atomic E-state index is 0.231. The Morgan fingerprint density at radius 3 is 2.38 bits per heavy atom. The number of aromatic nitrogens is 1. The molecule has 1 aromatic carbocycles. The van der Waals surface area contributed by atoms with E-state index in [1.807, 2.05) is 13.2 Å². The summed E-state index contributed by atoms with van der Waals surface area (Å²) in [5, 5.41) is 3.43. The van der Waals surface area contributed by atoms with Gasteiger partial charge in [-0.3, -0.25) is 4.99 Å². The van der Waals surface area contributed by atoms with Gasteiger partial charge in [-0.1, -0.05) is 35.9 Å². The van der Waals surface area contributed by atoms with Gasteiger partial charge in [-0.15, -0.1) is 0 Å². The van der Waals surface area contributed by atoms with Crippen LogP contribution in [-0.2, 0) is 17.8 Å². The van der Waals surface area contributed by atoms with Crippen molar-refractivity contribution in [3.8, 4) is 0 Å². The van der Waals surface area contributed by atoms with Gasteiger partial charge >= 0.3 is 0 Å². The number of hydrogen-bond acceptors (Lipinski definition) is 4. The van der Waals surface area contributed by atoms with Crippen LogP contribution in [-0.4, -0.2) is 55.2 Å². The van der Waals surface area contributed by atoms with Crippen LogP contribution in [0.25, 0.3) is 0 Å². The molecule has 1 saturated heterocycles. The molecule has 2 atom stereocenters. The summed E-state index contributed by atoms with van der Waals surface area (Å²) in [6.45, 7) is 9.59. The summed E-state index contributed by atoms with van der Waals surface area (Å²) in [7, 11) is 3.87. The topological polar surface area (TPSA) is 53.0 Å². The monoisotopic (exact) mass is 395 g/mol. The fraction of sp³-hybridized carbons (Fsp3) is 0.478. The van der Waals surface area contributed by atoms with Crippen molar-refractivity contribution in [3.63, 3.8) is 0 Å². The summed E-state index contributed by atoms with van der Waals surface area (Å²) in [6.07, 6.45) is 2.41. The lowest BCUT2D eigenvalue weighted by Crippen LogP contribution is -2.45. The highest BCUT2D eigenvalue weighted by Crippen LogP contribution is 2.18. The van der Waals surface area contributed by atoms with Gasteiger partial charge in [0.05, 0.1) is 12.2 Å². The fourth-order valence-electron chi connectivity index (χ4n) is 3.68. The lowest BCUT2D eigenvalue weighted by atomic mass is 10.1. The van der Waals surface area contributed by atoms with Crippen molar-refractivity contribution in [1.29, 1.82) is 0 Å². The molecule has 0 radical (unpaired) electrons. The fourth-order valence-corrected chi connectivity index (χ4v) is 3.68. The second-order valence-corrected chi connectivity index (χ2v) is 7.93. The number of nitrogens with one attached hydrogen (secondary N) is 1. The lowest BCUT2D eigenvalue weighted by Gasteiger charge is -2.36. The third-order valence-corrected chi connectivity index (χ3v) is 5.12. The van der Waals surface area contributed by atoms with Gasteiger partial charge in [-0.2, -0.15) is 0 Å². The molecule has 1 aromatic heterocycles. The van der Waals surface area contributed by atoms with Crippen LogP contribution in [0.2, 0.25) is 0 Å². The molecular formula is C23H33N5O. The van der Waals surface area contributed by atoms with E-state index >= 15 is 0 Å². The van der Waals surface area contributed by atoms with Gasteiger partial charge < -0.3 is 19.9 Å². The van der Waals surface area contributed by atoms with E-state index in [4.69, 9.17) is 4.74 Å². The van der Waals surface area contributed by atoms with Crippen molar-refractivity contribution >= 4 is 11.8 Å². The Kier molecular flexibility index (Phi) is 7.09. The van der Waals surface area contributed by atoms with E-state index in [-0.39, 0.29) is 12.2 Å². The van der Waals surface area contributed by atoms with Crippen molar-refractivity contribution in [3.05, 3.63) is 59.3 Å². The number of aryl methyl sites for hydroxylation is 1. The van der Waals surface area contributed by atoms with Gasteiger partial charge in [-0.05, 0) is 38.0 Å². The molecule has 6 nitrogen and oxygen atoms in total. The van der Waals surface area contributed by atoms with Crippen LogP contribution in [0, 0.1) is 6.92 Å². The van der Waals surface area contributed by atoms with E-state index in [0.29, 0.717) is 6.54 Å². The quantitative estimate of drug-likeness (QED) is 0.622. The Bertz CT molecular complexity index is 793. The average Bonchev–Trinajstić information content (AvgIpc) is 2.70. The Balaban J connectivity index is 1.54. The Morgan fingerprint density at radius 2 is 1.79 bits per heavy atom. The van der Waals surface area contributed by atoms with Gasteiger partial charge in [0.1, 0.15) is 5.82 Å². The molecule has 1 fully saturated rings. The van der Waals surface area contributed by atoms with Crippen molar-refractivity contribution < 1.29 is 4.74 Å². The number of anilines is 1. The van der Waals surface area contributed by atoms with E-state index in [9.17, 15) is 0 Å². The molecule has 0 amide bonds. The molecular weight excluding hydrogens is 362 g/mol. The SMILES string of the molecule is CN=C(NCc1ccc(N2CC(C)OC(C)C2)nc1)N(C)Cc1ccc(C)cc1. The molecule has 3 rings (SSSR count). The number of benzene rings is 1. The summed E-state index contributed by atoms with van der Waals surface area (Å²) in [4.78, 5) is 13.5. The van der Waals surface area contributed by atoms with Gasteiger partial charge in [0.25, 0.3) is 0 Å². The Labute approximate surface area is 174 Å². The molecule has 0 spiro atoms. The number of nitrogens with zero attached hydrogens (tertiary/aromatic N) is 4. The second-order valence-electron chi connectivity index (χ2n) is 7.93. The van der Waals surface area contributed by atoms with Crippen molar-refractivity contribution in [2.45, 2.75) is 46.1 Å². The molecule has 0 saturated carbocycles. The third-order valence-electron chi connectivity index (χ3n) is 5.12. The standard InChI is InChI=1S/C23H33N5O/c1-17-6-8-20(9-7-17)16-27(5)23(24-4)26-13-21-10-11-22(25-12-21)28-14-18(2)29-19(3)15-28/h6-12,18-19H,13-16H2,1-5H3,(H,24,26). The number of pyridine rings is 1. The molecule has 0 aliphatic carbocycles. The molecule has 156 valence electrons. The molecule has 1 aliphatic rings. The molecule has 29 heavy (non-hydrogen) atoms. The minimum atomic E-state index is 0.231. The first kappa shape index (κ1) is 21.1. The molecule has 1 N–H and O–H groups in total. The summed E-state index contributed by atoms with van der Waals surface area (Å²) >= 11 is 0. The minimum Gasteiger partial charge on any atom is -0.372 e. The summed E-state index contributed by atoms with van der Waals surface area (Å²) < 4.78 is 5.81. The van der Waals surface area contributed by atoms with E-state index in [1.165, 1.54) is 11.1 Å². The van der Waals surface area contributed by atoms with Gasteiger partial charge in [0, 0.05) is 46.5 Å². The second kappa shape index (κ2) is 9.74. The molecule has 2 unspecified atom stereocenters. The predicted molar refractivity (Wildman–Crippen MR) is 119 cm³/mol. The van der Waals surface area contributed by atoms with E-state index in [2.05, 4.69) is 89.3 Å². The first-order valence-electron chi connectivity index (χ1n) is 10.3. The Hall–Kier alpha value is -2.60. The number of rotatable bonds is 5. The number of morpholine rings is 1. The first-order chi connectivity index (χ1) is 13.9. The highest BCUT2D eigenvalue weighted by Gasteiger charge is 2.22. The highest BCUT2D eigenvalue weighted by molar-refractivity contribution is 5.79. The third kappa shape index (κ3) is 5.94. The molecule has 2 aromatic rings. The molecule has 0 bridgehead atoms. The van der Waals surface area contributed by atoms with E-state index in [0.717, 1.165) is 37.0 Å². The maximum Gasteiger partial charge on any atom is 0.193 e. The summed E-state index contributed by atoms with van der Waals surface area (Å²) in [5.41, 5.74) is 3.67. The smallest absolute Gasteiger partial charge is 0.193 e. The number of guanidine groups is 1. The van der Waals surface area contributed by atoms with Crippen LogP contribution in [0.3, 0.4) is 0 Å². The van der Waals surface area contributed by atoms with Crippen LogP contribution in [0.5, 0.6) is 0 Å². The van der Waals surface area contributed by atoms with Crippen LogP contribution < -0.4 is 10.2 Å². The van der Waals surface area contributed by atoms with Crippen LogP contribution >= 0.6 is 0 Å². The maximum absolute atomic E-state index is 5.81. The molecule has 1 aliphatic heterocycles. The zero-order valence-electron chi connectivity index (χ0n) is 18.2. The van der Waals surface area contributed by atoms with Gasteiger partial charge in [-0.25, -0.2) is 4.98 Å². The highest BCUT2D eigenvalue weighted by atomic mass is 16.5. The zero-order valence-corrected chi connectivity index (χ0v) is 18.2. The number of ether oxygens (including phenoxy) is 1. The van der Waals surface area contributed by atoms with E-state index in [1.54, 1.807) is 0 Å². The largest absolute Gasteiger partial charge is 0.372 e. The number of aliphatic imine (C=N–C) groups is 1. The maximum atomic E-state index is 5.81. The summed E-state index contributed by atoms with van der Waals surface area (Å²) in [5.74, 6) is 1.88. The average molecular weight is 396 g/mol. The normalized spacial score (nSPS) is 19.9. The van der Waals surface area contributed by atoms with Crippen molar-refractivity contribution in [1.82, 2.24) is 15.2 Å². The molecule has 6 heteroatoms. The zero-order chi connectivity index (χ0) is 20.8.